The van der Waals surface area contributed by atoms with Crippen molar-refractivity contribution in [3.63, 3.8) is 0 Å². The van der Waals surface area contributed by atoms with Crippen molar-refractivity contribution in [3.05, 3.63) is 23.4 Å². The van der Waals surface area contributed by atoms with Gasteiger partial charge < -0.3 is 31.6 Å². The number of hydrogen-bond donors (Lipinski definition) is 4. The summed E-state index contributed by atoms with van der Waals surface area (Å²) < 4.78 is 0. The normalized spacial score (nSPS) is 24.6. The number of H-pyrrole nitrogens is 1. The molecule has 2 heterocycles. The van der Waals surface area contributed by atoms with Gasteiger partial charge in [0.15, 0.2) is 0 Å². The van der Waals surface area contributed by atoms with Crippen molar-refractivity contribution >= 4 is 28.3 Å². The van der Waals surface area contributed by atoms with Crippen LogP contribution in [0.2, 0.25) is 0 Å². The standard InChI is InChI=1S/C20H30N6O/c1-4-26(5-2)20(27)24-12-7-13-16(25(3)10-12)6-11-9-23-19-15(22)8-14(21)18(13)17(11)19/h8-9,12-13,16,23H,4-7,10,21-22H2,1-3H3,(H,24,27)/t12-,13?,16+/m0/s1. The fraction of sp³-hybridized carbons (Fsp3) is 0.550. The smallest absolute Gasteiger partial charge is 0.317 e. The highest BCUT2D eigenvalue weighted by molar-refractivity contribution is 5.99. The summed E-state index contributed by atoms with van der Waals surface area (Å²) in [5.74, 6) is 0.289. The fourth-order valence-corrected chi connectivity index (χ4v) is 5.07. The molecular formula is C20H30N6O. The molecule has 2 amide bonds. The van der Waals surface area contributed by atoms with Crippen LogP contribution < -0.4 is 16.8 Å². The topological polar surface area (TPSA) is 103 Å². The third-order valence-corrected chi connectivity index (χ3v) is 6.40. The first-order valence-corrected chi connectivity index (χ1v) is 9.88. The molecule has 2 aromatic rings. The number of anilines is 2. The van der Waals surface area contributed by atoms with Crippen LogP contribution in [0.4, 0.5) is 16.2 Å². The van der Waals surface area contributed by atoms with Crippen molar-refractivity contribution in [2.75, 3.05) is 38.1 Å². The summed E-state index contributed by atoms with van der Waals surface area (Å²) in [4.78, 5) is 20.1. The summed E-state index contributed by atoms with van der Waals surface area (Å²) in [6.45, 7) is 6.30. The van der Waals surface area contributed by atoms with Crippen LogP contribution in [0.5, 0.6) is 0 Å². The second-order valence-electron chi connectivity index (χ2n) is 7.90. The van der Waals surface area contributed by atoms with Crippen molar-refractivity contribution in [1.82, 2.24) is 20.1 Å². The number of rotatable bonds is 3. The van der Waals surface area contributed by atoms with E-state index in [2.05, 4.69) is 28.4 Å². The Morgan fingerprint density at radius 1 is 1.33 bits per heavy atom. The Morgan fingerprint density at radius 3 is 2.78 bits per heavy atom. The van der Waals surface area contributed by atoms with Crippen LogP contribution in [0.3, 0.4) is 0 Å². The molecule has 1 aliphatic carbocycles. The lowest BCUT2D eigenvalue weighted by atomic mass is 9.73. The largest absolute Gasteiger partial charge is 0.398 e. The molecule has 27 heavy (non-hydrogen) atoms. The number of carbonyl (C=O) groups is 1. The number of urea groups is 1. The molecule has 0 bridgehead atoms. The minimum absolute atomic E-state index is 0.0189. The zero-order valence-electron chi connectivity index (χ0n) is 16.4. The third-order valence-electron chi connectivity index (χ3n) is 6.40. The molecule has 7 nitrogen and oxygen atoms in total. The highest BCUT2D eigenvalue weighted by Crippen LogP contribution is 2.47. The Kier molecular flexibility index (Phi) is 4.42. The number of nitrogens with one attached hydrogen (secondary N) is 2. The summed E-state index contributed by atoms with van der Waals surface area (Å²) in [5, 5.41) is 4.43. The number of piperidine rings is 1. The maximum atomic E-state index is 12.5. The number of likely N-dealkylation sites (N-methyl/N-ethyl adjacent to an activating group) is 1. The van der Waals surface area contributed by atoms with Gasteiger partial charge in [-0.25, -0.2) is 4.79 Å². The van der Waals surface area contributed by atoms with Gasteiger partial charge in [0.25, 0.3) is 0 Å². The Labute approximate surface area is 160 Å². The number of benzene rings is 1. The van der Waals surface area contributed by atoms with Crippen molar-refractivity contribution in [2.45, 2.75) is 44.7 Å². The van der Waals surface area contributed by atoms with Gasteiger partial charge in [-0.3, -0.25) is 0 Å². The minimum atomic E-state index is 0.0189. The first-order chi connectivity index (χ1) is 12.9. The van der Waals surface area contributed by atoms with E-state index in [9.17, 15) is 4.79 Å². The molecule has 0 spiro atoms. The summed E-state index contributed by atoms with van der Waals surface area (Å²) in [5.41, 5.74) is 17.6. The van der Waals surface area contributed by atoms with Crippen molar-refractivity contribution < 1.29 is 4.79 Å². The lowest BCUT2D eigenvalue weighted by molar-refractivity contribution is 0.124. The Hall–Kier alpha value is -2.41. The van der Waals surface area contributed by atoms with Crippen molar-refractivity contribution in [3.8, 4) is 0 Å². The molecule has 1 unspecified atom stereocenters. The van der Waals surface area contributed by atoms with Gasteiger partial charge in [0.2, 0.25) is 0 Å². The number of nitrogen functional groups attached to an aromatic ring is 2. The quantitative estimate of drug-likeness (QED) is 0.621. The molecule has 0 radical (unpaired) electrons. The fourth-order valence-electron chi connectivity index (χ4n) is 5.07. The average Bonchev–Trinajstić information content (AvgIpc) is 3.04. The van der Waals surface area contributed by atoms with Crippen LogP contribution in [0, 0.1) is 0 Å². The molecular weight excluding hydrogens is 340 g/mol. The number of hydrogen-bond acceptors (Lipinski definition) is 4. The number of nitrogens with two attached hydrogens (primary N) is 2. The number of aromatic nitrogens is 1. The Morgan fingerprint density at radius 2 is 2.07 bits per heavy atom. The van der Waals surface area contributed by atoms with Crippen molar-refractivity contribution in [1.29, 1.82) is 0 Å². The molecule has 1 aromatic heterocycles. The molecule has 7 heteroatoms. The molecule has 3 atom stereocenters. The second kappa shape index (κ2) is 6.64. The van der Waals surface area contributed by atoms with Crippen LogP contribution in [-0.2, 0) is 6.42 Å². The van der Waals surface area contributed by atoms with Gasteiger partial charge in [-0.15, -0.1) is 0 Å². The lowest BCUT2D eigenvalue weighted by Gasteiger charge is -2.46. The van der Waals surface area contributed by atoms with Gasteiger partial charge in [-0.2, -0.15) is 0 Å². The molecule has 1 aliphatic heterocycles. The van der Waals surface area contributed by atoms with Gasteiger partial charge in [-0.05, 0) is 50.9 Å². The van der Waals surface area contributed by atoms with E-state index in [1.165, 1.54) is 16.5 Å². The van der Waals surface area contributed by atoms with Crippen LogP contribution in [-0.4, -0.2) is 59.6 Å². The minimum Gasteiger partial charge on any atom is -0.398 e. The molecule has 2 aliphatic rings. The molecule has 1 fully saturated rings. The lowest BCUT2D eigenvalue weighted by Crippen LogP contribution is -2.56. The van der Waals surface area contributed by atoms with E-state index in [1.807, 2.05) is 24.8 Å². The summed E-state index contributed by atoms with van der Waals surface area (Å²) in [7, 11) is 2.15. The van der Waals surface area contributed by atoms with E-state index in [0.717, 1.165) is 43.7 Å². The number of nitrogens with zero attached hydrogens (tertiary/aromatic N) is 2. The zero-order valence-corrected chi connectivity index (χ0v) is 16.4. The van der Waals surface area contributed by atoms with Gasteiger partial charge in [0, 0.05) is 54.9 Å². The first-order valence-electron chi connectivity index (χ1n) is 9.88. The summed E-state index contributed by atoms with van der Waals surface area (Å²) >= 11 is 0. The maximum Gasteiger partial charge on any atom is 0.317 e. The predicted octanol–water partition coefficient (Wildman–Crippen LogP) is 2.10. The molecule has 1 saturated heterocycles. The SMILES string of the molecule is CCN(CC)C(=O)N[C@H]1CC2c3c(N)cc(N)c4[nH]cc(c34)C[C@H]2N(C)C1. The van der Waals surface area contributed by atoms with Crippen LogP contribution in [0.15, 0.2) is 12.3 Å². The highest BCUT2D eigenvalue weighted by atomic mass is 16.2. The zero-order chi connectivity index (χ0) is 19.3. The Bertz CT molecular complexity index is 871. The first kappa shape index (κ1) is 18.0. The van der Waals surface area contributed by atoms with Crippen molar-refractivity contribution in [2.24, 2.45) is 0 Å². The Balaban J connectivity index is 1.67. The predicted molar refractivity (Wildman–Crippen MR) is 110 cm³/mol. The van der Waals surface area contributed by atoms with E-state index >= 15 is 0 Å². The molecule has 6 N–H and O–H groups in total. The van der Waals surface area contributed by atoms with Gasteiger partial charge >= 0.3 is 6.03 Å². The van der Waals surface area contributed by atoms with E-state index in [0.29, 0.717) is 11.7 Å². The molecule has 146 valence electrons. The molecule has 0 saturated carbocycles. The van der Waals surface area contributed by atoms with Gasteiger partial charge in [-0.1, -0.05) is 0 Å². The van der Waals surface area contributed by atoms with E-state index < -0.39 is 0 Å². The average molecular weight is 371 g/mol. The van der Waals surface area contributed by atoms with Gasteiger partial charge in [0.05, 0.1) is 11.2 Å². The third kappa shape index (κ3) is 2.81. The number of aromatic amines is 1. The monoisotopic (exact) mass is 370 g/mol. The van der Waals surface area contributed by atoms with E-state index in [-0.39, 0.29) is 18.0 Å². The number of likely N-dealkylation sites (tertiary alicyclic amines) is 1. The van der Waals surface area contributed by atoms with Crippen LogP contribution in [0.1, 0.15) is 37.3 Å². The van der Waals surface area contributed by atoms with Gasteiger partial charge in [0.1, 0.15) is 0 Å². The number of amides is 2. The molecule has 1 aromatic carbocycles. The summed E-state index contributed by atoms with van der Waals surface area (Å²) in [6, 6.07) is 2.39. The van der Waals surface area contributed by atoms with E-state index in [4.69, 9.17) is 11.5 Å². The van der Waals surface area contributed by atoms with Crippen LogP contribution >= 0.6 is 0 Å². The highest BCUT2D eigenvalue weighted by Gasteiger charge is 2.41. The number of carbonyl (C=O) groups excluding carboxylic acids is 1. The molecule has 4 rings (SSSR count). The number of fused-ring (bicyclic) bond motifs is 2. The second-order valence-corrected chi connectivity index (χ2v) is 7.90. The maximum absolute atomic E-state index is 12.5. The summed E-state index contributed by atoms with van der Waals surface area (Å²) in [6.07, 6.45) is 3.95. The van der Waals surface area contributed by atoms with E-state index in [1.54, 1.807) is 0 Å². The van der Waals surface area contributed by atoms with Crippen LogP contribution in [0.25, 0.3) is 10.9 Å².